The molecule has 1 amide bonds. The van der Waals surface area contributed by atoms with E-state index in [2.05, 4.69) is 10.3 Å². The normalized spacial score (nSPS) is 11.8. The number of esters is 1. The highest BCUT2D eigenvalue weighted by molar-refractivity contribution is 7.13. The van der Waals surface area contributed by atoms with Crippen molar-refractivity contribution in [2.45, 2.75) is 32.4 Å². The van der Waals surface area contributed by atoms with E-state index in [4.69, 9.17) is 9.15 Å². The van der Waals surface area contributed by atoms with Crippen molar-refractivity contribution in [1.29, 1.82) is 0 Å². The monoisotopic (exact) mass is 429 g/mol. The molecule has 1 aromatic carbocycles. The Labute approximate surface area is 175 Å². The highest BCUT2D eigenvalue weighted by atomic mass is 32.1. The van der Waals surface area contributed by atoms with Crippen molar-refractivity contribution in [3.63, 3.8) is 0 Å². The molecule has 0 bridgehead atoms. The Morgan fingerprint density at radius 2 is 2.03 bits per heavy atom. The second-order valence-corrected chi connectivity index (χ2v) is 7.46. The summed E-state index contributed by atoms with van der Waals surface area (Å²) >= 11 is 1.22. The van der Waals surface area contributed by atoms with E-state index in [0.717, 1.165) is 0 Å². The zero-order chi connectivity index (χ0) is 21.7. The number of benzene rings is 1. The number of nitro benzene ring substituents is 1. The predicted molar refractivity (Wildman–Crippen MR) is 109 cm³/mol. The molecule has 0 aliphatic rings. The minimum atomic E-state index is -0.959. The third-order valence-corrected chi connectivity index (χ3v) is 4.88. The lowest BCUT2D eigenvalue weighted by Crippen LogP contribution is -2.31. The zero-order valence-electron chi connectivity index (χ0n) is 16.2. The van der Waals surface area contributed by atoms with Gasteiger partial charge in [-0.3, -0.25) is 19.7 Å². The van der Waals surface area contributed by atoms with E-state index < -0.39 is 22.8 Å². The van der Waals surface area contributed by atoms with Crippen molar-refractivity contribution in [1.82, 2.24) is 10.3 Å². The molecule has 30 heavy (non-hydrogen) atoms. The summed E-state index contributed by atoms with van der Waals surface area (Å²) in [5.74, 6) is -0.623. The molecule has 1 unspecified atom stereocenters. The Morgan fingerprint density at radius 3 is 2.70 bits per heavy atom. The SMILES string of the molecule is CC(C)OC(=O)CC(NC(=O)c1csc(-c2ccco2)n1)c1ccccc1[N+](=O)[O-]. The van der Waals surface area contributed by atoms with Gasteiger partial charge in [0.05, 0.1) is 35.3 Å². The smallest absolute Gasteiger partial charge is 0.308 e. The minimum absolute atomic E-state index is 0.118. The van der Waals surface area contributed by atoms with E-state index in [1.807, 2.05) is 0 Å². The van der Waals surface area contributed by atoms with E-state index in [1.54, 1.807) is 37.4 Å². The van der Waals surface area contributed by atoms with Gasteiger partial charge >= 0.3 is 5.97 Å². The van der Waals surface area contributed by atoms with Gasteiger partial charge in [0.25, 0.3) is 11.6 Å². The van der Waals surface area contributed by atoms with Crippen molar-refractivity contribution in [2.75, 3.05) is 0 Å². The lowest BCUT2D eigenvalue weighted by molar-refractivity contribution is -0.385. The molecule has 1 N–H and O–H groups in total. The van der Waals surface area contributed by atoms with Gasteiger partial charge in [-0.25, -0.2) is 4.98 Å². The molecule has 0 saturated carbocycles. The number of furan rings is 1. The fraction of sp³-hybridized carbons (Fsp3) is 0.250. The summed E-state index contributed by atoms with van der Waals surface area (Å²) in [6, 6.07) is 8.41. The maximum atomic E-state index is 12.8. The van der Waals surface area contributed by atoms with Crippen LogP contribution in [-0.2, 0) is 9.53 Å². The highest BCUT2D eigenvalue weighted by Crippen LogP contribution is 2.29. The molecule has 3 aromatic rings. The van der Waals surface area contributed by atoms with Gasteiger partial charge in [0.15, 0.2) is 10.8 Å². The minimum Gasteiger partial charge on any atom is -0.463 e. The summed E-state index contributed by atoms with van der Waals surface area (Å²) < 4.78 is 10.4. The van der Waals surface area contributed by atoms with E-state index in [-0.39, 0.29) is 29.5 Å². The van der Waals surface area contributed by atoms with Crippen LogP contribution in [0.1, 0.15) is 42.4 Å². The molecule has 2 aromatic heterocycles. The first-order chi connectivity index (χ1) is 14.3. The third kappa shape index (κ3) is 5.09. The van der Waals surface area contributed by atoms with Gasteiger partial charge < -0.3 is 14.5 Å². The molecule has 0 aliphatic carbocycles. The van der Waals surface area contributed by atoms with Gasteiger partial charge in [0, 0.05) is 11.4 Å². The number of carbonyl (C=O) groups is 2. The number of nitro groups is 1. The molecule has 2 heterocycles. The van der Waals surface area contributed by atoms with Crippen LogP contribution < -0.4 is 5.32 Å². The maximum absolute atomic E-state index is 12.8. The van der Waals surface area contributed by atoms with Gasteiger partial charge in [-0.05, 0) is 26.0 Å². The van der Waals surface area contributed by atoms with Gasteiger partial charge in [0.2, 0.25) is 0 Å². The number of amides is 1. The van der Waals surface area contributed by atoms with E-state index in [9.17, 15) is 19.7 Å². The number of nitrogens with one attached hydrogen (secondary N) is 1. The van der Waals surface area contributed by atoms with Crippen LogP contribution in [0.3, 0.4) is 0 Å². The Hall–Kier alpha value is -3.53. The lowest BCUT2D eigenvalue weighted by Gasteiger charge is -2.19. The summed E-state index contributed by atoms with van der Waals surface area (Å²) in [7, 11) is 0. The van der Waals surface area contributed by atoms with Crippen molar-refractivity contribution in [3.8, 4) is 10.8 Å². The first-order valence-electron chi connectivity index (χ1n) is 9.08. The van der Waals surface area contributed by atoms with Crippen molar-refractivity contribution in [2.24, 2.45) is 0 Å². The van der Waals surface area contributed by atoms with Crippen LogP contribution in [0.5, 0.6) is 0 Å². The summed E-state index contributed by atoms with van der Waals surface area (Å²) in [4.78, 5) is 40.1. The van der Waals surface area contributed by atoms with Gasteiger partial charge in [-0.1, -0.05) is 18.2 Å². The summed E-state index contributed by atoms with van der Waals surface area (Å²) in [5.41, 5.74) is 0.125. The van der Waals surface area contributed by atoms with Crippen molar-refractivity contribution < 1.29 is 23.7 Å². The standard InChI is InChI=1S/C20H19N3O6S/c1-12(2)29-18(24)10-14(13-6-3-4-7-16(13)23(26)27)21-19(25)15-11-30-20(22-15)17-8-5-9-28-17/h3-9,11-12,14H,10H2,1-2H3,(H,21,25). The largest absolute Gasteiger partial charge is 0.463 e. The van der Waals surface area contributed by atoms with Gasteiger partial charge in [-0.2, -0.15) is 0 Å². The quantitative estimate of drug-likeness (QED) is 0.324. The molecule has 0 aliphatic heterocycles. The molecule has 156 valence electrons. The summed E-state index contributed by atoms with van der Waals surface area (Å²) in [5, 5.41) is 16.2. The maximum Gasteiger partial charge on any atom is 0.308 e. The number of rotatable bonds is 8. The fourth-order valence-corrected chi connectivity index (χ4v) is 3.55. The molecule has 9 nitrogen and oxygen atoms in total. The topological polar surface area (TPSA) is 125 Å². The second kappa shape index (κ2) is 9.31. The zero-order valence-corrected chi connectivity index (χ0v) is 17.0. The van der Waals surface area contributed by atoms with Gasteiger partial charge in [0.1, 0.15) is 5.69 Å². The number of ether oxygens (including phenoxy) is 1. The lowest BCUT2D eigenvalue weighted by atomic mass is 10.0. The molecule has 0 spiro atoms. The Morgan fingerprint density at radius 1 is 1.27 bits per heavy atom. The number of nitrogens with zero attached hydrogens (tertiary/aromatic N) is 2. The van der Waals surface area contributed by atoms with Crippen LogP contribution in [-0.4, -0.2) is 27.9 Å². The third-order valence-electron chi connectivity index (χ3n) is 4.02. The van der Waals surface area contributed by atoms with Crippen molar-refractivity contribution in [3.05, 3.63) is 69.4 Å². The second-order valence-electron chi connectivity index (χ2n) is 6.60. The summed E-state index contributed by atoms with van der Waals surface area (Å²) in [6.07, 6.45) is 0.889. The van der Waals surface area contributed by atoms with Crippen LogP contribution in [0.4, 0.5) is 5.69 Å². The van der Waals surface area contributed by atoms with Crippen LogP contribution >= 0.6 is 11.3 Å². The predicted octanol–water partition coefficient (Wildman–Crippen LogP) is 4.12. The number of thiazole rings is 1. The van der Waals surface area contributed by atoms with Crippen LogP contribution in [0.15, 0.2) is 52.5 Å². The molecular weight excluding hydrogens is 410 g/mol. The fourth-order valence-electron chi connectivity index (χ4n) is 2.79. The molecule has 0 fully saturated rings. The van der Waals surface area contributed by atoms with E-state index in [0.29, 0.717) is 10.8 Å². The molecule has 0 radical (unpaired) electrons. The number of aromatic nitrogens is 1. The van der Waals surface area contributed by atoms with Crippen LogP contribution in [0.2, 0.25) is 0 Å². The Balaban J connectivity index is 1.86. The van der Waals surface area contributed by atoms with Gasteiger partial charge in [-0.15, -0.1) is 11.3 Å². The van der Waals surface area contributed by atoms with Crippen molar-refractivity contribution >= 4 is 28.9 Å². The van der Waals surface area contributed by atoms with E-state index in [1.165, 1.54) is 35.8 Å². The number of hydrogen-bond acceptors (Lipinski definition) is 8. The number of carbonyl (C=O) groups excluding carboxylic acids is 2. The number of hydrogen-bond donors (Lipinski definition) is 1. The average Bonchev–Trinajstić information content (AvgIpc) is 3.38. The number of para-hydroxylation sites is 1. The molecule has 0 saturated heterocycles. The Bertz CT molecular complexity index is 1040. The average molecular weight is 429 g/mol. The molecule has 1 atom stereocenters. The molecular formula is C20H19N3O6S. The molecule has 3 rings (SSSR count). The highest BCUT2D eigenvalue weighted by Gasteiger charge is 2.27. The Kier molecular flexibility index (Phi) is 6.58. The first-order valence-corrected chi connectivity index (χ1v) is 9.96. The van der Waals surface area contributed by atoms with Crippen LogP contribution in [0.25, 0.3) is 10.8 Å². The molecule has 10 heteroatoms. The van der Waals surface area contributed by atoms with Crippen LogP contribution in [0, 0.1) is 10.1 Å². The first kappa shape index (κ1) is 21.2. The summed E-state index contributed by atoms with van der Waals surface area (Å²) in [6.45, 7) is 3.39. The van der Waals surface area contributed by atoms with E-state index >= 15 is 0 Å².